The Morgan fingerprint density at radius 2 is 1.63 bits per heavy atom. The van der Waals surface area contributed by atoms with E-state index in [0.29, 0.717) is 5.89 Å². The molecule has 1 unspecified atom stereocenters. The number of benzene rings is 2. The molecule has 0 fully saturated rings. The molecular formula is C22H23N3O5. The SMILES string of the molecule is Cc1nnc(C(C)OC(=O)[C@H](Cc2ccccc2)NC(=O)OCc2ccccc2)o1. The Hall–Kier alpha value is -3.68. The minimum atomic E-state index is -0.942. The van der Waals surface area contributed by atoms with Crippen LogP contribution in [0, 0.1) is 6.92 Å². The normalized spacial score (nSPS) is 12.6. The van der Waals surface area contributed by atoms with Gasteiger partial charge in [0.2, 0.25) is 5.89 Å². The van der Waals surface area contributed by atoms with Gasteiger partial charge in [0.25, 0.3) is 5.89 Å². The summed E-state index contributed by atoms with van der Waals surface area (Å²) < 4.78 is 16.0. The summed E-state index contributed by atoms with van der Waals surface area (Å²) in [6.45, 7) is 3.36. The van der Waals surface area contributed by atoms with Crippen molar-refractivity contribution in [1.82, 2.24) is 15.5 Å². The van der Waals surface area contributed by atoms with Crippen molar-refractivity contribution in [3.8, 4) is 0 Å². The van der Waals surface area contributed by atoms with Gasteiger partial charge >= 0.3 is 12.1 Å². The molecule has 0 saturated carbocycles. The Bertz CT molecular complexity index is 959. The molecule has 0 saturated heterocycles. The van der Waals surface area contributed by atoms with Crippen LogP contribution in [0.25, 0.3) is 0 Å². The highest BCUT2D eigenvalue weighted by atomic mass is 16.6. The van der Waals surface area contributed by atoms with Crippen molar-refractivity contribution in [1.29, 1.82) is 0 Å². The third-order valence-electron chi connectivity index (χ3n) is 4.25. The van der Waals surface area contributed by atoms with Crippen molar-refractivity contribution < 1.29 is 23.5 Å². The predicted molar refractivity (Wildman–Crippen MR) is 107 cm³/mol. The summed E-state index contributed by atoms with van der Waals surface area (Å²) in [7, 11) is 0. The summed E-state index contributed by atoms with van der Waals surface area (Å²) >= 11 is 0. The molecule has 3 rings (SSSR count). The third-order valence-corrected chi connectivity index (χ3v) is 4.25. The molecule has 2 atom stereocenters. The van der Waals surface area contributed by atoms with Crippen LogP contribution in [0.4, 0.5) is 4.79 Å². The second-order valence-electron chi connectivity index (χ2n) is 6.69. The highest BCUT2D eigenvalue weighted by Crippen LogP contribution is 2.17. The van der Waals surface area contributed by atoms with Crippen LogP contribution < -0.4 is 5.32 Å². The van der Waals surface area contributed by atoms with Crippen molar-refractivity contribution in [3.05, 3.63) is 83.6 Å². The summed E-state index contributed by atoms with van der Waals surface area (Å²) in [6, 6.07) is 17.6. The molecular weight excluding hydrogens is 386 g/mol. The number of ether oxygens (including phenoxy) is 2. The van der Waals surface area contributed by atoms with Gasteiger partial charge in [0.1, 0.15) is 12.6 Å². The number of nitrogens with one attached hydrogen (secondary N) is 1. The molecule has 8 heteroatoms. The summed E-state index contributed by atoms with van der Waals surface area (Å²) in [5, 5.41) is 10.2. The molecule has 3 aromatic rings. The van der Waals surface area contributed by atoms with Crippen molar-refractivity contribution in [2.45, 2.75) is 39.0 Å². The Labute approximate surface area is 174 Å². The lowest BCUT2D eigenvalue weighted by atomic mass is 10.1. The summed E-state index contributed by atoms with van der Waals surface area (Å²) in [6.07, 6.45) is -1.22. The quantitative estimate of drug-likeness (QED) is 0.568. The Morgan fingerprint density at radius 1 is 1.00 bits per heavy atom. The van der Waals surface area contributed by atoms with E-state index >= 15 is 0 Å². The smallest absolute Gasteiger partial charge is 0.408 e. The first-order valence-electron chi connectivity index (χ1n) is 9.53. The van der Waals surface area contributed by atoms with Gasteiger partial charge in [-0.3, -0.25) is 0 Å². The molecule has 1 N–H and O–H groups in total. The van der Waals surface area contributed by atoms with E-state index in [1.165, 1.54) is 0 Å². The molecule has 0 aliphatic heterocycles. The fourth-order valence-electron chi connectivity index (χ4n) is 2.73. The van der Waals surface area contributed by atoms with Crippen LogP contribution in [-0.2, 0) is 27.3 Å². The molecule has 0 bridgehead atoms. The zero-order valence-corrected chi connectivity index (χ0v) is 16.8. The van der Waals surface area contributed by atoms with Gasteiger partial charge in [-0.2, -0.15) is 0 Å². The molecule has 156 valence electrons. The number of rotatable bonds is 8. The van der Waals surface area contributed by atoms with Gasteiger partial charge in [0, 0.05) is 13.3 Å². The summed E-state index contributed by atoms with van der Waals surface area (Å²) in [4.78, 5) is 25.1. The van der Waals surface area contributed by atoms with Gasteiger partial charge in [-0.05, 0) is 18.1 Å². The lowest BCUT2D eigenvalue weighted by molar-refractivity contribution is -0.152. The Balaban J connectivity index is 1.64. The summed E-state index contributed by atoms with van der Waals surface area (Å²) in [5.74, 6) is -0.0684. The van der Waals surface area contributed by atoms with E-state index in [4.69, 9.17) is 13.9 Å². The number of nitrogens with zero attached hydrogens (tertiary/aromatic N) is 2. The highest BCUT2D eigenvalue weighted by molar-refractivity contribution is 5.81. The molecule has 2 aromatic carbocycles. The fourth-order valence-corrected chi connectivity index (χ4v) is 2.73. The minimum Gasteiger partial charge on any atom is -0.451 e. The van der Waals surface area contributed by atoms with Crippen LogP contribution in [0.5, 0.6) is 0 Å². The van der Waals surface area contributed by atoms with E-state index in [1.807, 2.05) is 60.7 Å². The van der Waals surface area contributed by atoms with Gasteiger partial charge in [0.15, 0.2) is 6.10 Å². The van der Waals surface area contributed by atoms with E-state index in [-0.39, 0.29) is 18.9 Å². The van der Waals surface area contributed by atoms with Crippen LogP contribution in [0.2, 0.25) is 0 Å². The minimum absolute atomic E-state index is 0.0947. The van der Waals surface area contributed by atoms with Crippen LogP contribution in [-0.4, -0.2) is 28.3 Å². The van der Waals surface area contributed by atoms with Crippen LogP contribution in [0.15, 0.2) is 65.1 Å². The maximum Gasteiger partial charge on any atom is 0.408 e. The lowest BCUT2D eigenvalue weighted by Gasteiger charge is -2.19. The second-order valence-corrected chi connectivity index (χ2v) is 6.69. The molecule has 30 heavy (non-hydrogen) atoms. The van der Waals surface area contributed by atoms with Crippen LogP contribution in [0.1, 0.15) is 35.9 Å². The first-order chi connectivity index (χ1) is 14.5. The molecule has 0 spiro atoms. The average Bonchev–Trinajstić information content (AvgIpc) is 3.20. The van der Waals surface area contributed by atoms with Crippen molar-refractivity contribution in [2.75, 3.05) is 0 Å². The number of carbonyl (C=O) groups is 2. The first kappa shape index (κ1) is 21.0. The van der Waals surface area contributed by atoms with E-state index < -0.39 is 24.2 Å². The Morgan fingerprint density at radius 3 is 2.23 bits per heavy atom. The zero-order valence-electron chi connectivity index (χ0n) is 16.8. The number of aryl methyl sites for hydroxylation is 1. The molecule has 1 heterocycles. The van der Waals surface area contributed by atoms with Crippen LogP contribution >= 0.6 is 0 Å². The first-order valence-corrected chi connectivity index (χ1v) is 9.53. The van der Waals surface area contributed by atoms with Gasteiger partial charge in [-0.15, -0.1) is 10.2 Å². The average molecular weight is 409 g/mol. The maximum absolute atomic E-state index is 12.8. The number of alkyl carbamates (subject to hydrolysis) is 1. The van der Waals surface area contributed by atoms with Crippen LogP contribution in [0.3, 0.4) is 0 Å². The van der Waals surface area contributed by atoms with E-state index in [0.717, 1.165) is 11.1 Å². The standard InChI is InChI=1S/C22H23N3O5/c1-15(20-25-24-16(2)30-20)29-21(26)19(13-17-9-5-3-6-10-17)23-22(27)28-14-18-11-7-4-8-12-18/h3-12,15,19H,13-14H2,1-2H3,(H,23,27)/t15?,19-/m0/s1. The van der Waals surface area contributed by atoms with Gasteiger partial charge in [-0.1, -0.05) is 60.7 Å². The molecule has 0 aliphatic rings. The van der Waals surface area contributed by atoms with Crippen molar-refractivity contribution >= 4 is 12.1 Å². The van der Waals surface area contributed by atoms with Crippen molar-refractivity contribution in [3.63, 3.8) is 0 Å². The maximum atomic E-state index is 12.8. The Kier molecular flexibility index (Phi) is 7.15. The summed E-state index contributed by atoms with van der Waals surface area (Å²) in [5.41, 5.74) is 1.71. The number of hydrogen-bond donors (Lipinski definition) is 1. The molecule has 0 aliphatic carbocycles. The highest BCUT2D eigenvalue weighted by Gasteiger charge is 2.27. The molecule has 8 nitrogen and oxygen atoms in total. The second kappa shape index (κ2) is 10.2. The predicted octanol–water partition coefficient (Wildman–Crippen LogP) is 3.52. The zero-order chi connectivity index (χ0) is 21.3. The third kappa shape index (κ3) is 6.16. The van der Waals surface area contributed by atoms with Gasteiger partial charge < -0.3 is 19.2 Å². The number of aromatic nitrogens is 2. The molecule has 1 aromatic heterocycles. The van der Waals surface area contributed by atoms with E-state index in [1.54, 1.807) is 13.8 Å². The lowest BCUT2D eigenvalue weighted by Crippen LogP contribution is -2.43. The number of hydrogen-bond acceptors (Lipinski definition) is 7. The van der Waals surface area contributed by atoms with Gasteiger partial charge in [0.05, 0.1) is 0 Å². The monoisotopic (exact) mass is 409 g/mol. The molecule has 1 amide bonds. The van der Waals surface area contributed by atoms with E-state index in [2.05, 4.69) is 15.5 Å². The number of carbonyl (C=O) groups excluding carboxylic acids is 2. The topological polar surface area (TPSA) is 104 Å². The molecule has 0 radical (unpaired) electrons. The van der Waals surface area contributed by atoms with Gasteiger partial charge in [-0.25, -0.2) is 9.59 Å². The fraction of sp³-hybridized carbons (Fsp3) is 0.273. The van der Waals surface area contributed by atoms with E-state index in [9.17, 15) is 9.59 Å². The number of esters is 1. The number of amides is 1. The van der Waals surface area contributed by atoms with Crippen molar-refractivity contribution in [2.24, 2.45) is 0 Å². The largest absolute Gasteiger partial charge is 0.451 e.